The Bertz CT molecular complexity index is 269. The molecule has 1 aromatic rings. The van der Waals surface area contributed by atoms with Gasteiger partial charge in [-0.2, -0.15) is 0 Å². The first kappa shape index (κ1) is 8.20. The van der Waals surface area contributed by atoms with Gasteiger partial charge in [0.05, 0.1) is 0 Å². The molecule has 0 amide bonds. The van der Waals surface area contributed by atoms with E-state index in [-0.39, 0.29) is 0 Å². The number of nitrogens with zero attached hydrogens (tertiary/aromatic N) is 1. The molecule has 1 heterocycles. The van der Waals surface area contributed by atoms with Crippen LogP contribution in [0.4, 0.5) is 0 Å². The smallest absolute Gasteiger partial charge is 0.388 e. The van der Waals surface area contributed by atoms with E-state index in [9.17, 15) is 9.46 Å². The molecule has 0 radical (unpaired) electrons. The van der Waals surface area contributed by atoms with Crippen LogP contribution in [0.2, 0.25) is 0 Å². The minimum atomic E-state index is -4.67. The highest BCUT2D eigenvalue weighted by Gasteiger charge is 2.09. The van der Waals surface area contributed by atoms with Gasteiger partial charge in [-0.1, -0.05) is 6.07 Å². The average molecular weight is 175 g/mol. The van der Waals surface area contributed by atoms with Crippen molar-refractivity contribution in [3.8, 4) is 0 Å². The molecule has 5 nitrogen and oxygen atoms in total. The van der Waals surface area contributed by atoms with Gasteiger partial charge in [0.2, 0.25) is 12.4 Å². The molecule has 0 aliphatic carbocycles. The number of phosphoric acid groups is 1. The Kier molecular flexibility index (Phi) is 2.24. The maximum atomic E-state index is 10.1. The quantitative estimate of drug-likeness (QED) is 0.455. The van der Waals surface area contributed by atoms with Crippen molar-refractivity contribution in [2.75, 3.05) is 0 Å². The minimum Gasteiger partial charge on any atom is -0.742 e. The first-order chi connectivity index (χ1) is 5.08. The molecule has 0 bridgehead atoms. The van der Waals surface area contributed by atoms with E-state index >= 15 is 0 Å². The summed E-state index contributed by atoms with van der Waals surface area (Å²) in [5.74, 6) is 0. The zero-order chi connectivity index (χ0) is 8.32. The molecule has 0 saturated heterocycles. The van der Waals surface area contributed by atoms with Gasteiger partial charge in [-0.05, 0) is 0 Å². The molecule has 0 aliphatic heterocycles. The van der Waals surface area contributed by atoms with Crippen molar-refractivity contribution < 1.29 is 23.7 Å². The molecule has 1 atom stereocenters. The van der Waals surface area contributed by atoms with Crippen LogP contribution in [-0.4, -0.2) is 4.89 Å². The van der Waals surface area contributed by atoms with Gasteiger partial charge in [-0.3, -0.25) is 4.57 Å². The largest absolute Gasteiger partial charge is 0.742 e. The fourth-order valence-corrected chi connectivity index (χ4v) is 0.904. The average Bonchev–Trinajstić information content (AvgIpc) is 1.85. The summed E-state index contributed by atoms with van der Waals surface area (Å²) in [6.07, 6.45) is 2.70. The molecule has 60 valence electrons. The molecule has 1 N–H and O–H groups in total. The Morgan fingerprint density at radius 2 is 1.91 bits per heavy atom. The fourth-order valence-electron chi connectivity index (χ4n) is 0.556. The van der Waals surface area contributed by atoms with Crippen LogP contribution in [0.3, 0.4) is 0 Å². The van der Waals surface area contributed by atoms with Gasteiger partial charge < -0.3 is 9.79 Å². The summed E-state index contributed by atoms with van der Waals surface area (Å²) in [7, 11) is -4.67. The highest BCUT2D eigenvalue weighted by molar-refractivity contribution is 7.44. The Labute approximate surface area is 63.1 Å². The Hall–Kier alpha value is -0.900. The van der Waals surface area contributed by atoms with Crippen LogP contribution in [0, 0.1) is 0 Å². The lowest BCUT2D eigenvalue weighted by Crippen LogP contribution is -2.41. The van der Waals surface area contributed by atoms with Gasteiger partial charge in [0.25, 0.3) is 0 Å². The van der Waals surface area contributed by atoms with Crippen LogP contribution in [0.1, 0.15) is 0 Å². The van der Waals surface area contributed by atoms with E-state index in [1.54, 1.807) is 18.2 Å². The summed E-state index contributed by atoms with van der Waals surface area (Å²) in [4.78, 5) is 18.4. The van der Waals surface area contributed by atoms with Crippen molar-refractivity contribution in [3.63, 3.8) is 0 Å². The zero-order valence-electron chi connectivity index (χ0n) is 5.45. The maximum absolute atomic E-state index is 10.1. The molecular weight excluding hydrogens is 169 g/mol. The highest BCUT2D eigenvalue weighted by Crippen LogP contribution is 2.22. The summed E-state index contributed by atoms with van der Waals surface area (Å²) in [6.45, 7) is 0. The van der Waals surface area contributed by atoms with Crippen LogP contribution >= 0.6 is 7.82 Å². The van der Waals surface area contributed by atoms with Crippen molar-refractivity contribution in [1.29, 1.82) is 0 Å². The molecule has 1 aromatic heterocycles. The minimum absolute atomic E-state index is 0.883. The fraction of sp³-hybridized carbons (Fsp3) is 0. The normalized spacial score (nSPS) is 15.5. The van der Waals surface area contributed by atoms with E-state index in [1.165, 1.54) is 12.4 Å². The second kappa shape index (κ2) is 3.00. The van der Waals surface area contributed by atoms with Crippen LogP contribution in [0.5, 0.6) is 0 Å². The second-order valence-corrected chi connectivity index (χ2v) is 2.89. The highest BCUT2D eigenvalue weighted by atomic mass is 31.2. The molecule has 1 rings (SSSR count). The Balaban J connectivity index is 2.74. The number of hydrogen-bond acceptors (Lipinski definition) is 3. The van der Waals surface area contributed by atoms with Gasteiger partial charge in [0, 0.05) is 16.9 Å². The molecule has 6 heteroatoms. The van der Waals surface area contributed by atoms with Crippen LogP contribution in [0.25, 0.3) is 0 Å². The van der Waals surface area contributed by atoms with Gasteiger partial charge in [-0.15, -0.1) is 0 Å². The van der Waals surface area contributed by atoms with Gasteiger partial charge in [-0.25, -0.2) is 4.62 Å². The number of rotatable bonds is 2. The first-order valence-electron chi connectivity index (χ1n) is 2.78. The summed E-state index contributed by atoms with van der Waals surface area (Å²) in [5, 5.41) is 0. The maximum Gasteiger partial charge on any atom is 0.388 e. The van der Waals surface area contributed by atoms with E-state index in [1.807, 2.05) is 0 Å². The third kappa shape index (κ3) is 3.13. The van der Waals surface area contributed by atoms with Crippen molar-refractivity contribution in [1.82, 2.24) is 0 Å². The lowest BCUT2D eigenvalue weighted by Gasteiger charge is -2.08. The van der Waals surface area contributed by atoms with Crippen molar-refractivity contribution in [2.45, 2.75) is 0 Å². The SMILES string of the molecule is O=P([O-])(O)O[n+]1ccccc1. The summed E-state index contributed by atoms with van der Waals surface area (Å²) >= 11 is 0. The number of pyridine rings is 1. The lowest BCUT2D eigenvalue weighted by molar-refractivity contribution is -0.864. The third-order valence-electron chi connectivity index (χ3n) is 0.886. The molecule has 11 heavy (non-hydrogen) atoms. The van der Waals surface area contributed by atoms with Crippen LogP contribution < -0.4 is 14.2 Å². The number of aromatic nitrogens is 1. The second-order valence-electron chi connectivity index (χ2n) is 1.79. The monoisotopic (exact) mass is 175 g/mol. The van der Waals surface area contributed by atoms with E-state index in [4.69, 9.17) is 4.89 Å². The molecule has 1 unspecified atom stereocenters. The van der Waals surface area contributed by atoms with Crippen molar-refractivity contribution in [2.24, 2.45) is 0 Å². The zero-order valence-corrected chi connectivity index (χ0v) is 6.35. The molecular formula is C5H6NO4P. The molecule has 0 fully saturated rings. The summed E-state index contributed by atoms with van der Waals surface area (Å²) < 4.78 is 15.1. The third-order valence-corrected chi connectivity index (χ3v) is 1.28. The summed E-state index contributed by atoms with van der Waals surface area (Å²) in [5.41, 5.74) is 0. The molecule has 0 aromatic carbocycles. The van der Waals surface area contributed by atoms with E-state index in [0.717, 1.165) is 4.73 Å². The topological polar surface area (TPSA) is 73.5 Å². The Morgan fingerprint density at radius 3 is 2.36 bits per heavy atom. The standard InChI is InChI=1S/C5H6NO4P/c7-11(8,9)10-6-4-2-1-3-5-6/h1-5H,(H-,7,8,9). The van der Waals surface area contributed by atoms with Crippen LogP contribution in [0.15, 0.2) is 30.6 Å². The van der Waals surface area contributed by atoms with E-state index < -0.39 is 7.82 Å². The van der Waals surface area contributed by atoms with Crippen molar-refractivity contribution >= 4 is 7.82 Å². The summed E-state index contributed by atoms with van der Waals surface area (Å²) in [6, 6.07) is 4.82. The lowest BCUT2D eigenvalue weighted by atomic mass is 10.5. The van der Waals surface area contributed by atoms with Gasteiger partial charge in [0.15, 0.2) is 0 Å². The number of hydrogen-bond donors (Lipinski definition) is 1. The Morgan fingerprint density at radius 1 is 1.36 bits per heavy atom. The van der Waals surface area contributed by atoms with Crippen molar-refractivity contribution in [3.05, 3.63) is 30.6 Å². The molecule has 0 saturated carbocycles. The van der Waals surface area contributed by atoms with Gasteiger partial charge >= 0.3 is 7.82 Å². The first-order valence-corrected chi connectivity index (χ1v) is 4.28. The van der Waals surface area contributed by atoms with E-state index in [2.05, 4.69) is 4.62 Å². The van der Waals surface area contributed by atoms with Crippen LogP contribution in [-0.2, 0) is 4.57 Å². The molecule has 0 spiro atoms. The molecule has 0 aliphatic rings. The predicted molar refractivity (Wildman–Crippen MR) is 33.0 cm³/mol. The predicted octanol–water partition coefficient (Wildman–Crippen LogP) is -1.14. The van der Waals surface area contributed by atoms with E-state index in [0.29, 0.717) is 0 Å². The van der Waals surface area contributed by atoms with Gasteiger partial charge in [0.1, 0.15) is 0 Å².